The molecule has 1 aliphatic heterocycles. The fraction of sp³-hybridized carbons (Fsp3) is 0.471. The molecular formula is C17H22N4O3S. The maximum absolute atomic E-state index is 12.8. The van der Waals surface area contributed by atoms with E-state index >= 15 is 0 Å². The van der Waals surface area contributed by atoms with Gasteiger partial charge in [0.25, 0.3) is 0 Å². The lowest BCUT2D eigenvalue weighted by molar-refractivity contribution is -0.125. The normalized spacial score (nSPS) is 14.2. The third kappa shape index (κ3) is 3.74. The number of hydrogen-bond acceptors (Lipinski definition) is 7. The summed E-state index contributed by atoms with van der Waals surface area (Å²) in [6, 6.07) is 5.18. The summed E-state index contributed by atoms with van der Waals surface area (Å²) in [5, 5.41) is 7.15. The lowest BCUT2D eigenvalue weighted by atomic mass is 10.0. The molecule has 1 aromatic carbocycles. The topological polar surface area (TPSA) is 76.6 Å². The molecule has 0 radical (unpaired) electrons. The van der Waals surface area contributed by atoms with E-state index < -0.39 is 6.04 Å². The predicted octanol–water partition coefficient (Wildman–Crippen LogP) is 2.31. The van der Waals surface area contributed by atoms with E-state index in [1.807, 2.05) is 37.2 Å². The van der Waals surface area contributed by atoms with Crippen molar-refractivity contribution in [2.45, 2.75) is 32.4 Å². The van der Waals surface area contributed by atoms with Crippen molar-refractivity contribution in [2.75, 3.05) is 20.9 Å². The molecule has 1 amide bonds. The maximum Gasteiger partial charge on any atom is 0.242 e. The van der Waals surface area contributed by atoms with Crippen molar-refractivity contribution in [3.63, 3.8) is 0 Å². The smallest absolute Gasteiger partial charge is 0.242 e. The number of aromatic nitrogens is 2. The van der Waals surface area contributed by atoms with Gasteiger partial charge in [-0.15, -0.1) is 5.10 Å². The van der Waals surface area contributed by atoms with Gasteiger partial charge < -0.3 is 14.8 Å². The Hall–Kier alpha value is -2.19. The quantitative estimate of drug-likeness (QED) is 0.850. The van der Waals surface area contributed by atoms with Gasteiger partial charge in [0.05, 0.1) is 17.1 Å². The highest BCUT2D eigenvalue weighted by molar-refractivity contribution is 7.05. The van der Waals surface area contributed by atoms with Crippen molar-refractivity contribution in [2.24, 2.45) is 0 Å². The number of carbonyl (C=O) groups excluding carboxylic acids is 1. The minimum absolute atomic E-state index is 0.0769. The summed E-state index contributed by atoms with van der Waals surface area (Å²) in [6.45, 7) is 4.78. The highest BCUT2D eigenvalue weighted by Gasteiger charge is 2.26. The van der Waals surface area contributed by atoms with Crippen LogP contribution < -0.4 is 14.8 Å². The highest BCUT2D eigenvalue weighted by Crippen LogP contribution is 2.35. The Labute approximate surface area is 151 Å². The van der Waals surface area contributed by atoms with Gasteiger partial charge in [0.15, 0.2) is 11.5 Å². The van der Waals surface area contributed by atoms with Gasteiger partial charge >= 0.3 is 0 Å². The number of hydrogen-bond donors (Lipinski definition) is 1. The molecule has 0 saturated heterocycles. The molecule has 0 unspecified atom stereocenters. The predicted molar refractivity (Wildman–Crippen MR) is 94.8 cm³/mol. The number of likely N-dealkylation sites (N-methyl/N-ethyl adjacent to an activating group) is 1. The molecule has 0 saturated carbocycles. The largest absolute Gasteiger partial charge is 0.454 e. The van der Waals surface area contributed by atoms with Crippen molar-refractivity contribution < 1.29 is 14.3 Å². The molecule has 1 N–H and O–H groups in total. The SMILES string of the molecule is CC(C)c1nnsc1CNC(=O)[C@H](c1ccc2c(c1)OCO2)N(C)C. The second-order valence-corrected chi connectivity index (χ2v) is 7.27. The van der Waals surface area contributed by atoms with Gasteiger partial charge in [-0.25, -0.2) is 0 Å². The van der Waals surface area contributed by atoms with Crippen LogP contribution in [0.5, 0.6) is 11.5 Å². The molecule has 0 bridgehead atoms. The molecule has 0 fully saturated rings. The van der Waals surface area contributed by atoms with Crippen LogP contribution in [0.25, 0.3) is 0 Å². The van der Waals surface area contributed by atoms with Crippen molar-refractivity contribution in [1.82, 2.24) is 19.8 Å². The van der Waals surface area contributed by atoms with Gasteiger partial charge in [0.2, 0.25) is 12.7 Å². The average Bonchev–Trinajstić information content (AvgIpc) is 3.21. The Morgan fingerprint density at radius 3 is 2.80 bits per heavy atom. The van der Waals surface area contributed by atoms with Crippen molar-refractivity contribution in [3.05, 3.63) is 34.3 Å². The molecule has 7 nitrogen and oxygen atoms in total. The monoisotopic (exact) mass is 362 g/mol. The van der Waals surface area contributed by atoms with Crippen LogP contribution in [0.3, 0.4) is 0 Å². The number of benzene rings is 1. The third-order valence-electron chi connectivity index (χ3n) is 4.03. The summed E-state index contributed by atoms with van der Waals surface area (Å²) in [4.78, 5) is 15.7. The first kappa shape index (κ1) is 17.6. The van der Waals surface area contributed by atoms with Crippen LogP contribution in [0.1, 0.15) is 41.9 Å². The molecule has 1 aliphatic rings. The molecule has 1 atom stereocenters. The van der Waals surface area contributed by atoms with Crippen LogP contribution in [0, 0.1) is 0 Å². The molecule has 3 rings (SSSR count). The van der Waals surface area contributed by atoms with E-state index in [-0.39, 0.29) is 18.6 Å². The molecule has 2 heterocycles. The zero-order valence-electron chi connectivity index (χ0n) is 14.8. The molecule has 0 aliphatic carbocycles. The van der Waals surface area contributed by atoms with Gasteiger partial charge in [0, 0.05) is 0 Å². The van der Waals surface area contributed by atoms with Gasteiger partial charge in [-0.05, 0) is 49.2 Å². The number of fused-ring (bicyclic) bond motifs is 1. The van der Waals surface area contributed by atoms with Crippen LogP contribution in [0.2, 0.25) is 0 Å². The van der Waals surface area contributed by atoms with E-state index in [4.69, 9.17) is 9.47 Å². The van der Waals surface area contributed by atoms with E-state index in [0.717, 1.165) is 16.1 Å². The van der Waals surface area contributed by atoms with E-state index in [1.165, 1.54) is 11.5 Å². The first-order chi connectivity index (χ1) is 12.0. The average molecular weight is 362 g/mol. The molecule has 2 aromatic rings. The fourth-order valence-electron chi connectivity index (χ4n) is 2.81. The minimum Gasteiger partial charge on any atom is -0.454 e. The summed E-state index contributed by atoms with van der Waals surface area (Å²) in [5.41, 5.74) is 1.80. The molecule has 1 aromatic heterocycles. The number of rotatable bonds is 6. The second kappa shape index (κ2) is 7.37. The first-order valence-electron chi connectivity index (χ1n) is 8.12. The summed E-state index contributed by atoms with van der Waals surface area (Å²) in [7, 11) is 3.76. The van der Waals surface area contributed by atoms with Crippen molar-refractivity contribution >= 4 is 17.4 Å². The number of nitrogens with one attached hydrogen (secondary N) is 1. The molecular weight excluding hydrogens is 340 g/mol. The van der Waals surface area contributed by atoms with Crippen LogP contribution in [0.15, 0.2) is 18.2 Å². The van der Waals surface area contributed by atoms with Crippen LogP contribution in [-0.2, 0) is 11.3 Å². The van der Waals surface area contributed by atoms with Crippen LogP contribution >= 0.6 is 11.5 Å². The van der Waals surface area contributed by atoms with Crippen molar-refractivity contribution in [3.8, 4) is 11.5 Å². The van der Waals surface area contributed by atoms with Gasteiger partial charge in [-0.1, -0.05) is 24.4 Å². The fourth-order valence-corrected chi connectivity index (χ4v) is 3.54. The Morgan fingerprint density at radius 1 is 1.32 bits per heavy atom. The lowest BCUT2D eigenvalue weighted by Crippen LogP contribution is -2.36. The van der Waals surface area contributed by atoms with Crippen LogP contribution in [-0.4, -0.2) is 41.3 Å². The number of carbonyl (C=O) groups is 1. The van der Waals surface area contributed by atoms with Crippen LogP contribution in [0.4, 0.5) is 0 Å². The zero-order valence-corrected chi connectivity index (χ0v) is 15.6. The van der Waals surface area contributed by atoms with E-state index in [2.05, 4.69) is 28.8 Å². The van der Waals surface area contributed by atoms with Gasteiger partial charge in [-0.3, -0.25) is 9.69 Å². The number of nitrogens with zero attached hydrogens (tertiary/aromatic N) is 3. The Kier molecular flexibility index (Phi) is 5.19. The molecule has 134 valence electrons. The molecule has 25 heavy (non-hydrogen) atoms. The first-order valence-corrected chi connectivity index (χ1v) is 8.89. The standard InChI is InChI=1S/C17H22N4O3S/c1-10(2)15-14(25-20-19-15)8-18-17(22)16(21(3)4)11-5-6-12-13(7-11)24-9-23-12/h5-7,10,16H,8-9H2,1-4H3,(H,18,22)/t16-/m0/s1. The number of ether oxygens (including phenoxy) is 2. The Balaban J connectivity index is 1.74. The summed E-state index contributed by atoms with van der Waals surface area (Å²) in [6.07, 6.45) is 0. The summed E-state index contributed by atoms with van der Waals surface area (Å²) >= 11 is 1.33. The highest BCUT2D eigenvalue weighted by atomic mass is 32.1. The van der Waals surface area contributed by atoms with Crippen molar-refractivity contribution in [1.29, 1.82) is 0 Å². The Morgan fingerprint density at radius 2 is 2.08 bits per heavy atom. The zero-order chi connectivity index (χ0) is 18.0. The Bertz CT molecular complexity index is 760. The van der Waals surface area contributed by atoms with E-state index in [9.17, 15) is 4.79 Å². The van der Waals surface area contributed by atoms with E-state index in [1.54, 1.807) is 0 Å². The second-order valence-electron chi connectivity index (χ2n) is 6.43. The summed E-state index contributed by atoms with van der Waals surface area (Å²) in [5.74, 6) is 1.58. The van der Waals surface area contributed by atoms with E-state index in [0.29, 0.717) is 18.0 Å². The molecule has 0 spiro atoms. The maximum atomic E-state index is 12.8. The number of amides is 1. The summed E-state index contributed by atoms with van der Waals surface area (Å²) < 4.78 is 14.8. The van der Waals surface area contributed by atoms with Gasteiger partial charge in [0.1, 0.15) is 6.04 Å². The molecule has 8 heteroatoms. The third-order valence-corrected chi connectivity index (χ3v) is 4.77. The van der Waals surface area contributed by atoms with Gasteiger partial charge in [-0.2, -0.15) is 0 Å². The minimum atomic E-state index is -0.419. The lowest BCUT2D eigenvalue weighted by Gasteiger charge is -2.24.